The van der Waals surface area contributed by atoms with Gasteiger partial charge >= 0.3 is 6.03 Å². The lowest BCUT2D eigenvalue weighted by atomic mass is 10.2. The van der Waals surface area contributed by atoms with Gasteiger partial charge in [-0.2, -0.15) is 0 Å². The Morgan fingerprint density at radius 1 is 1.37 bits per heavy atom. The molecular formula is C13H16N4O2. The minimum Gasteiger partial charge on any atom is -0.381 e. The molecule has 1 heterocycles. The fraction of sp³-hybridized carbons (Fsp3) is 0.231. The van der Waals surface area contributed by atoms with Crippen molar-refractivity contribution in [3.63, 3.8) is 0 Å². The molecule has 0 saturated heterocycles. The summed E-state index contributed by atoms with van der Waals surface area (Å²) in [6.07, 6.45) is 0. The SMILES string of the molecule is Cc1noc(C)c1CNc1cccc(NC(N)=O)c1. The van der Waals surface area contributed by atoms with Crippen molar-refractivity contribution in [3.8, 4) is 0 Å². The third-order valence-corrected chi connectivity index (χ3v) is 2.78. The van der Waals surface area contributed by atoms with Gasteiger partial charge in [-0.15, -0.1) is 0 Å². The second-order valence-electron chi connectivity index (χ2n) is 4.23. The largest absolute Gasteiger partial charge is 0.381 e. The number of carbonyl (C=O) groups is 1. The van der Waals surface area contributed by atoms with Crippen LogP contribution in [-0.4, -0.2) is 11.2 Å². The smallest absolute Gasteiger partial charge is 0.316 e. The Labute approximate surface area is 111 Å². The van der Waals surface area contributed by atoms with Crippen LogP contribution in [0.3, 0.4) is 0 Å². The molecule has 0 radical (unpaired) electrons. The Bertz CT molecular complexity index is 573. The average Bonchev–Trinajstić information content (AvgIpc) is 2.66. The van der Waals surface area contributed by atoms with Gasteiger partial charge in [0, 0.05) is 23.5 Å². The molecule has 100 valence electrons. The van der Waals surface area contributed by atoms with Crippen molar-refractivity contribution >= 4 is 17.4 Å². The summed E-state index contributed by atoms with van der Waals surface area (Å²) in [5.74, 6) is 0.802. The summed E-state index contributed by atoms with van der Waals surface area (Å²) < 4.78 is 5.10. The molecule has 2 rings (SSSR count). The van der Waals surface area contributed by atoms with Crippen molar-refractivity contribution in [2.45, 2.75) is 20.4 Å². The van der Waals surface area contributed by atoms with Crippen LogP contribution >= 0.6 is 0 Å². The number of aryl methyl sites for hydroxylation is 2. The second-order valence-corrected chi connectivity index (χ2v) is 4.23. The van der Waals surface area contributed by atoms with Crippen LogP contribution in [0, 0.1) is 13.8 Å². The Morgan fingerprint density at radius 2 is 2.11 bits per heavy atom. The molecule has 2 aromatic rings. The molecule has 0 saturated carbocycles. The normalized spacial score (nSPS) is 10.2. The number of aromatic nitrogens is 1. The number of rotatable bonds is 4. The Balaban J connectivity index is 2.05. The molecule has 4 N–H and O–H groups in total. The first-order valence-corrected chi connectivity index (χ1v) is 5.88. The quantitative estimate of drug-likeness (QED) is 0.786. The average molecular weight is 260 g/mol. The molecule has 1 aromatic heterocycles. The van der Waals surface area contributed by atoms with E-state index in [0.29, 0.717) is 12.2 Å². The summed E-state index contributed by atoms with van der Waals surface area (Å²) in [6.45, 7) is 4.39. The zero-order valence-electron chi connectivity index (χ0n) is 10.9. The van der Waals surface area contributed by atoms with Gasteiger partial charge in [0.2, 0.25) is 0 Å². The van der Waals surface area contributed by atoms with Crippen molar-refractivity contribution < 1.29 is 9.32 Å². The van der Waals surface area contributed by atoms with Gasteiger partial charge in [-0.05, 0) is 32.0 Å². The first-order valence-electron chi connectivity index (χ1n) is 5.88. The van der Waals surface area contributed by atoms with Gasteiger partial charge in [-0.25, -0.2) is 4.79 Å². The Hall–Kier alpha value is -2.50. The lowest BCUT2D eigenvalue weighted by Crippen LogP contribution is -2.19. The van der Waals surface area contributed by atoms with Crippen molar-refractivity contribution in [3.05, 3.63) is 41.3 Å². The van der Waals surface area contributed by atoms with Crippen LogP contribution < -0.4 is 16.4 Å². The minimum absolute atomic E-state index is 0.581. The summed E-state index contributed by atoms with van der Waals surface area (Å²) in [5.41, 5.74) is 8.51. The number of hydrogen-bond acceptors (Lipinski definition) is 4. The number of amides is 2. The number of nitrogens with one attached hydrogen (secondary N) is 2. The fourth-order valence-electron chi connectivity index (χ4n) is 1.79. The van der Waals surface area contributed by atoms with Crippen LogP contribution in [0.25, 0.3) is 0 Å². The number of hydrogen-bond donors (Lipinski definition) is 3. The third-order valence-electron chi connectivity index (χ3n) is 2.78. The van der Waals surface area contributed by atoms with Crippen LogP contribution in [0.15, 0.2) is 28.8 Å². The molecule has 0 unspecified atom stereocenters. The molecule has 19 heavy (non-hydrogen) atoms. The van der Waals surface area contributed by atoms with E-state index in [9.17, 15) is 4.79 Å². The molecule has 6 nitrogen and oxygen atoms in total. The number of benzene rings is 1. The van der Waals surface area contributed by atoms with Gasteiger partial charge in [-0.1, -0.05) is 11.2 Å². The van der Waals surface area contributed by atoms with Crippen LogP contribution in [0.4, 0.5) is 16.2 Å². The monoisotopic (exact) mass is 260 g/mol. The Kier molecular flexibility index (Phi) is 3.70. The highest BCUT2D eigenvalue weighted by atomic mass is 16.5. The molecule has 6 heteroatoms. The topological polar surface area (TPSA) is 93.2 Å². The van der Waals surface area contributed by atoms with Gasteiger partial charge in [0.05, 0.1) is 5.69 Å². The van der Waals surface area contributed by atoms with E-state index in [0.717, 1.165) is 22.7 Å². The summed E-state index contributed by atoms with van der Waals surface area (Å²) in [7, 11) is 0. The number of nitrogens with two attached hydrogens (primary N) is 1. The molecule has 0 atom stereocenters. The van der Waals surface area contributed by atoms with E-state index >= 15 is 0 Å². The molecular weight excluding hydrogens is 244 g/mol. The van der Waals surface area contributed by atoms with E-state index < -0.39 is 6.03 Å². The first-order chi connectivity index (χ1) is 9.06. The maximum atomic E-state index is 10.8. The van der Waals surface area contributed by atoms with E-state index in [1.54, 1.807) is 6.07 Å². The fourth-order valence-corrected chi connectivity index (χ4v) is 1.79. The summed E-state index contributed by atoms with van der Waals surface area (Å²) in [5, 5.41) is 9.68. The number of primary amides is 1. The molecule has 0 aliphatic rings. The van der Waals surface area contributed by atoms with Crippen molar-refractivity contribution in [2.75, 3.05) is 10.6 Å². The maximum Gasteiger partial charge on any atom is 0.316 e. The highest BCUT2D eigenvalue weighted by molar-refractivity contribution is 5.88. The lowest BCUT2D eigenvalue weighted by molar-refractivity contribution is 0.259. The summed E-state index contributed by atoms with van der Waals surface area (Å²) in [4.78, 5) is 10.8. The molecule has 0 bridgehead atoms. The second kappa shape index (κ2) is 5.43. The minimum atomic E-state index is -0.581. The molecule has 0 aliphatic heterocycles. The van der Waals surface area contributed by atoms with E-state index in [1.807, 2.05) is 32.0 Å². The number of nitrogens with zero attached hydrogens (tertiary/aromatic N) is 1. The predicted molar refractivity (Wildman–Crippen MR) is 73.0 cm³/mol. The van der Waals surface area contributed by atoms with Crippen LogP contribution in [-0.2, 0) is 6.54 Å². The third kappa shape index (κ3) is 3.25. The molecule has 2 amide bonds. The van der Waals surface area contributed by atoms with Gasteiger partial charge < -0.3 is 20.9 Å². The van der Waals surface area contributed by atoms with Crippen LogP contribution in [0.2, 0.25) is 0 Å². The van der Waals surface area contributed by atoms with E-state index in [2.05, 4.69) is 15.8 Å². The van der Waals surface area contributed by atoms with E-state index in [1.165, 1.54) is 0 Å². The predicted octanol–water partition coefficient (Wildman–Crippen LogP) is 2.39. The van der Waals surface area contributed by atoms with Crippen LogP contribution in [0.5, 0.6) is 0 Å². The molecule has 0 aliphatic carbocycles. The number of anilines is 2. The molecule has 0 spiro atoms. The number of urea groups is 1. The standard InChI is InChI=1S/C13H16N4O2/c1-8-12(9(2)19-17-8)7-15-10-4-3-5-11(6-10)16-13(14)18/h3-6,15H,7H2,1-2H3,(H3,14,16,18). The molecule has 0 fully saturated rings. The van der Waals surface area contributed by atoms with Crippen molar-refractivity contribution in [1.29, 1.82) is 0 Å². The van der Waals surface area contributed by atoms with Crippen molar-refractivity contribution in [2.24, 2.45) is 5.73 Å². The summed E-state index contributed by atoms with van der Waals surface area (Å²) in [6, 6.07) is 6.74. The van der Waals surface area contributed by atoms with Gasteiger partial charge in [-0.3, -0.25) is 0 Å². The highest BCUT2D eigenvalue weighted by Gasteiger charge is 2.08. The van der Waals surface area contributed by atoms with E-state index in [-0.39, 0.29) is 0 Å². The zero-order valence-corrected chi connectivity index (χ0v) is 10.9. The van der Waals surface area contributed by atoms with Gasteiger partial charge in [0.25, 0.3) is 0 Å². The van der Waals surface area contributed by atoms with Gasteiger partial charge in [0.15, 0.2) is 0 Å². The summed E-state index contributed by atoms with van der Waals surface area (Å²) >= 11 is 0. The van der Waals surface area contributed by atoms with Gasteiger partial charge in [0.1, 0.15) is 5.76 Å². The lowest BCUT2D eigenvalue weighted by Gasteiger charge is -2.08. The van der Waals surface area contributed by atoms with Crippen molar-refractivity contribution in [1.82, 2.24) is 5.16 Å². The van der Waals surface area contributed by atoms with E-state index in [4.69, 9.17) is 10.3 Å². The Morgan fingerprint density at radius 3 is 2.74 bits per heavy atom. The maximum absolute atomic E-state index is 10.8. The first kappa shape index (κ1) is 12.9. The molecule has 1 aromatic carbocycles. The zero-order chi connectivity index (χ0) is 13.8. The number of carbonyl (C=O) groups excluding carboxylic acids is 1. The van der Waals surface area contributed by atoms with Crippen LogP contribution in [0.1, 0.15) is 17.0 Å². The highest BCUT2D eigenvalue weighted by Crippen LogP contribution is 2.18.